The molecule has 68 valence electrons. The van der Waals surface area contributed by atoms with Gasteiger partial charge in [-0.1, -0.05) is 12.2 Å². The van der Waals surface area contributed by atoms with Crippen molar-refractivity contribution in [1.29, 1.82) is 0 Å². The SMILES string of the molecule is C1=CCNCC1.C1=NNCCC1. The van der Waals surface area contributed by atoms with Gasteiger partial charge in [0.2, 0.25) is 0 Å². The third kappa shape index (κ3) is 4.91. The Kier molecular flexibility index (Phi) is 5.29. The molecule has 0 atom stereocenters. The van der Waals surface area contributed by atoms with Gasteiger partial charge in [-0.15, -0.1) is 0 Å². The van der Waals surface area contributed by atoms with Gasteiger partial charge >= 0.3 is 0 Å². The van der Waals surface area contributed by atoms with Crippen LogP contribution >= 0.6 is 0 Å². The molecule has 0 aromatic carbocycles. The highest BCUT2D eigenvalue weighted by Gasteiger charge is 1.86. The van der Waals surface area contributed by atoms with E-state index in [0.717, 1.165) is 26.1 Å². The van der Waals surface area contributed by atoms with Crippen LogP contribution < -0.4 is 10.7 Å². The fourth-order valence-corrected chi connectivity index (χ4v) is 1.04. The summed E-state index contributed by atoms with van der Waals surface area (Å²) in [5, 5.41) is 7.00. The van der Waals surface area contributed by atoms with E-state index in [4.69, 9.17) is 0 Å². The van der Waals surface area contributed by atoms with Crippen molar-refractivity contribution in [2.75, 3.05) is 19.6 Å². The predicted molar refractivity (Wildman–Crippen MR) is 52.4 cm³/mol. The van der Waals surface area contributed by atoms with Gasteiger partial charge in [-0.05, 0) is 25.8 Å². The molecule has 0 amide bonds. The molecular formula is C9H17N3. The van der Waals surface area contributed by atoms with Crippen LogP contribution in [0, 0.1) is 0 Å². The number of hydrogen-bond donors (Lipinski definition) is 2. The highest BCUT2D eigenvalue weighted by molar-refractivity contribution is 5.57. The van der Waals surface area contributed by atoms with Crippen LogP contribution in [-0.4, -0.2) is 25.8 Å². The first kappa shape index (κ1) is 9.26. The number of nitrogens with zero attached hydrogens (tertiary/aromatic N) is 1. The average Bonchev–Trinajstić information content (AvgIpc) is 2.24. The molecule has 0 fully saturated rings. The van der Waals surface area contributed by atoms with Gasteiger partial charge in [0.25, 0.3) is 0 Å². The van der Waals surface area contributed by atoms with Crippen molar-refractivity contribution in [2.24, 2.45) is 5.10 Å². The summed E-state index contributed by atoms with van der Waals surface area (Å²) in [6.45, 7) is 3.28. The Balaban J connectivity index is 0.000000120. The molecule has 0 spiro atoms. The molecule has 0 aliphatic carbocycles. The lowest BCUT2D eigenvalue weighted by Gasteiger charge is -2.01. The van der Waals surface area contributed by atoms with Gasteiger partial charge < -0.3 is 10.7 Å². The number of hydrazone groups is 1. The van der Waals surface area contributed by atoms with E-state index in [0.29, 0.717) is 0 Å². The molecular weight excluding hydrogens is 150 g/mol. The first-order valence-electron chi connectivity index (χ1n) is 4.60. The van der Waals surface area contributed by atoms with Gasteiger partial charge in [0, 0.05) is 19.3 Å². The van der Waals surface area contributed by atoms with E-state index in [9.17, 15) is 0 Å². The van der Waals surface area contributed by atoms with E-state index in [2.05, 4.69) is 28.0 Å². The highest BCUT2D eigenvalue weighted by atomic mass is 15.3. The Bertz CT molecular complexity index is 118. The van der Waals surface area contributed by atoms with Crippen LogP contribution in [0.15, 0.2) is 17.3 Å². The minimum absolute atomic E-state index is 1.05. The van der Waals surface area contributed by atoms with Crippen LogP contribution in [0.3, 0.4) is 0 Å². The molecule has 12 heavy (non-hydrogen) atoms. The summed E-state index contributed by atoms with van der Waals surface area (Å²) in [5.41, 5.74) is 2.85. The minimum Gasteiger partial charge on any atom is -0.313 e. The van der Waals surface area contributed by atoms with Crippen LogP contribution in [0.25, 0.3) is 0 Å². The zero-order chi connectivity index (χ0) is 8.49. The van der Waals surface area contributed by atoms with Gasteiger partial charge in [-0.3, -0.25) is 0 Å². The Morgan fingerprint density at radius 3 is 2.25 bits per heavy atom. The second kappa shape index (κ2) is 6.85. The summed E-state index contributed by atoms with van der Waals surface area (Å²) in [5.74, 6) is 0. The molecule has 2 rings (SSSR count). The Morgan fingerprint density at radius 1 is 1.08 bits per heavy atom. The molecule has 0 unspecified atom stereocenters. The van der Waals surface area contributed by atoms with Gasteiger partial charge in [0.05, 0.1) is 0 Å². The molecule has 2 aliphatic heterocycles. The van der Waals surface area contributed by atoms with Crippen molar-refractivity contribution >= 4 is 6.21 Å². The van der Waals surface area contributed by atoms with Crippen LogP contribution in [0.1, 0.15) is 19.3 Å². The molecule has 0 saturated heterocycles. The third-order valence-corrected chi connectivity index (χ3v) is 1.72. The normalized spacial score (nSPS) is 20.7. The molecule has 2 heterocycles. The summed E-state index contributed by atoms with van der Waals surface area (Å²) >= 11 is 0. The molecule has 3 heteroatoms. The number of hydrogen-bond acceptors (Lipinski definition) is 3. The van der Waals surface area contributed by atoms with E-state index in [1.54, 1.807) is 0 Å². The quantitative estimate of drug-likeness (QED) is 0.526. The first-order valence-corrected chi connectivity index (χ1v) is 4.60. The monoisotopic (exact) mass is 167 g/mol. The lowest BCUT2D eigenvalue weighted by Crippen LogP contribution is -2.17. The van der Waals surface area contributed by atoms with Crippen LogP contribution in [0.2, 0.25) is 0 Å². The van der Waals surface area contributed by atoms with Crippen LogP contribution in [0.4, 0.5) is 0 Å². The molecule has 0 saturated carbocycles. The van der Waals surface area contributed by atoms with Crippen LogP contribution in [0.5, 0.6) is 0 Å². The minimum atomic E-state index is 1.05. The highest BCUT2D eigenvalue weighted by Crippen LogP contribution is 1.85. The third-order valence-electron chi connectivity index (χ3n) is 1.72. The lowest BCUT2D eigenvalue weighted by molar-refractivity contribution is 0.671. The Morgan fingerprint density at radius 2 is 2.08 bits per heavy atom. The fraction of sp³-hybridized carbons (Fsp3) is 0.667. The topological polar surface area (TPSA) is 36.4 Å². The van der Waals surface area contributed by atoms with Crippen molar-refractivity contribution in [3.05, 3.63) is 12.2 Å². The maximum Gasteiger partial charge on any atom is 0.0333 e. The number of nitrogens with one attached hydrogen (secondary N) is 2. The van der Waals surface area contributed by atoms with Gasteiger partial charge in [-0.25, -0.2) is 0 Å². The maximum atomic E-state index is 3.80. The summed E-state index contributed by atoms with van der Waals surface area (Å²) in [4.78, 5) is 0. The van der Waals surface area contributed by atoms with Crippen LogP contribution in [-0.2, 0) is 0 Å². The van der Waals surface area contributed by atoms with Gasteiger partial charge in [0.1, 0.15) is 0 Å². The molecule has 0 radical (unpaired) electrons. The van der Waals surface area contributed by atoms with E-state index in [1.807, 2.05) is 6.21 Å². The Hall–Kier alpha value is -0.830. The average molecular weight is 167 g/mol. The molecule has 2 aliphatic rings. The zero-order valence-corrected chi connectivity index (χ0v) is 7.42. The van der Waals surface area contributed by atoms with Crippen molar-refractivity contribution < 1.29 is 0 Å². The molecule has 2 N–H and O–H groups in total. The number of rotatable bonds is 0. The second-order valence-electron chi connectivity index (χ2n) is 2.83. The Labute approximate surface area is 73.9 Å². The van der Waals surface area contributed by atoms with E-state index in [-0.39, 0.29) is 0 Å². The summed E-state index contributed by atoms with van der Waals surface area (Å²) in [6.07, 6.45) is 9.86. The van der Waals surface area contributed by atoms with E-state index in [1.165, 1.54) is 12.8 Å². The van der Waals surface area contributed by atoms with Crippen molar-refractivity contribution in [2.45, 2.75) is 19.3 Å². The predicted octanol–water partition coefficient (Wildman–Crippen LogP) is 0.891. The van der Waals surface area contributed by atoms with Crippen molar-refractivity contribution in [1.82, 2.24) is 10.7 Å². The molecule has 0 aromatic rings. The maximum absolute atomic E-state index is 3.80. The van der Waals surface area contributed by atoms with E-state index < -0.39 is 0 Å². The summed E-state index contributed by atoms with van der Waals surface area (Å²) < 4.78 is 0. The van der Waals surface area contributed by atoms with E-state index >= 15 is 0 Å². The molecule has 0 aromatic heterocycles. The van der Waals surface area contributed by atoms with Crippen molar-refractivity contribution in [3.63, 3.8) is 0 Å². The van der Waals surface area contributed by atoms with Crippen molar-refractivity contribution in [3.8, 4) is 0 Å². The summed E-state index contributed by atoms with van der Waals surface area (Å²) in [7, 11) is 0. The molecule has 3 nitrogen and oxygen atoms in total. The first-order chi connectivity index (χ1) is 6.00. The fourth-order valence-electron chi connectivity index (χ4n) is 1.04. The summed E-state index contributed by atoms with van der Waals surface area (Å²) in [6, 6.07) is 0. The largest absolute Gasteiger partial charge is 0.313 e. The standard InChI is InChI=1S/C5H9N.C4H8N2/c2*1-2-4-6-5-3-1/h1-2,6H,3-5H2;3,6H,1-2,4H2. The smallest absolute Gasteiger partial charge is 0.0333 e. The zero-order valence-electron chi connectivity index (χ0n) is 7.42. The second-order valence-corrected chi connectivity index (χ2v) is 2.83. The van der Waals surface area contributed by atoms with Gasteiger partial charge in [-0.2, -0.15) is 5.10 Å². The molecule has 0 bridgehead atoms. The lowest BCUT2D eigenvalue weighted by atomic mass is 10.3. The van der Waals surface area contributed by atoms with Gasteiger partial charge in [0.15, 0.2) is 0 Å².